The Morgan fingerprint density at radius 1 is 1.21 bits per heavy atom. The quantitative estimate of drug-likeness (QED) is 0.228. The van der Waals surface area contributed by atoms with Crippen LogP contribution in [0.25, 0.3) is 11.3 Å². The number of amides is 1. The van der Waals surface area contributed by atoms with Gasteiger partial charge in [0, 0.05) is 28.8 Å². The number of nitrogens with one attached hydrogen (secondary N) is 2. The van der Waals surface area contributed by atoms with Crippen LogP contribution in [0.5, 0.6) is 5.75 Å². The van der Waals surface area contributed by atoms with Crippen LogP contribution >= 0.6 is 28.1 Å². The fraction of sp³-hybridized carbons (Fsp3) is 0.179. The van der Waals surface area contributed by atoms with Crippen LogP contribution in [0.1, 0.15) is 36.9 Å². The van der Waals surface area contributed by atoms with Crippen molar-refractivity contribution in [3.63, 3.8) is 0 Å². The lowest BCUT2D eigenvalue weighted by atomic mass is 10.0. The van der Waals surface area contributed by atoms with Crippen LogP contribution in [-0.4, -0.2) is 23.1 Å². The van der Waals surface area contributed by atoms with Crippen molar-refractivity contribution < 1.29 is 18.3 Å². The number of halogens is 2. The molecule has 194 valence electrons. The maximum atomic E-state index is 14.7. The second-order valence-corrected chi connectivity index (χ2v) is 9.91. The molecular weight excluding hydrogens is 571 g/mol. The number of hydrogen-bond acceptors (Lipinski definition) is 5. The van der Waals surface area contributed by atoms with Crippen molar-refractivity contribution in [1.29, 1.82) is 0 Å². The number of benzene rings is 2. The van der Waals surface area contributed by atoms with Crippen molar-refractivity contribution in [2.75, 3.05) is 17.3 Å². The Morgan fingerprint density at radius 2 is 2.05 bits per heavy atom. The third-order valence-corrected chi connectivity index (χ3v) is 7.08. The number of methoxy groups -OCH3 is 1. The molecule has 0 unspecified atom stereocenters. The number of ether oxygens (including phenoxy) is 1. The van der Waals surface area contributed by atoms with E-state index in [0.717, 1.165) is 11.4 Å². The molecule has 0 saturated carbocycles. The van der Waals surface area contributed by atoms with Gasteiger partial charge >= 0.3 is 0 Å². The Labute approximate surface area is 233 Å². The lowest BCUT2D eigenvalue weighted by Crippen LogP contribution is -2.29. The van der Waals surface area contributed by atoms with Crippen LogP contribution in [-0.2, 0) is 4.79 Å². The van der Waals surface area contributed by atoms with Crippen molar-refractivity contribution in [1.82, 2.24) is 10.3 Å². The molecule has 1 aliphatic heterocycles. The number of nitrogens with zero attached hydrogens (tertiary/aromatic N) is 2. The van der Waals surface area contributed by atoms with E-state index in [2.05, 4.69) is 31.5 Å². The number of anilines is 2. The molecule has 0 spiro atoms. The molecule has 2 aromatic heterocycles. The predicted octanol–water partition coefficient (Wildman–Crippen LogP) is 6.78. The Bertz CT molecular complexity index is 1500. The summed E-state index contributed by atoms with van der Waals surface area (Å²) in [5.41, 5.74) is 2.41. The average molecular weight is 595 g/mol. The Hall–Kier alpha value is -3.76. The van der Waals surface area contributed by atoms with Crippen LogP contribution in [0.15, 0.2) is 81.8 Å². The van der Waals surface area contributed by atoms with Crippen molar-refractivity contribution in [3.8, 4) is 17.1 Å². The standard InChI is InChI=1S/C28H24BrFN4O3S/c1-3-25(35)32-20-10-8-17(15-24(20)36-2)34-27(26(33-28(34)38)21-6-4-5-13-31-21)23-12-11-22(37-23)18-9-7-16(29)14-19(18)30/h4-15,26-27H,3H2,1-2H3,(H,32,35)(H,33,38)/t26-,27+/m1/s1. The fourth-order valence-corrected chi connectivity index (χ4v) is 5.12. The highest BCUT2D eigenvalue weighted by Gasteiger charge is 2.43. The summed E-state index contributed by atoms with van der Waals surface area (Å²) in [6.07, 6.45) is 2.07. The summed E-state index contributed by atoms with van der Waals surface area (Å²) in [6, 6.07) is 18.7. The van der Waals surface area contributed by atoms with Gasteiger partial charge in [-0.15, -0.1) is 0 Å². The molecule has 38 heavy (non-hydrogen) atoms. The van der Waals surface area contributed by atoms with E-state index in [1.165, 1.54) is 6.07 Å². The number of aromatic nitrogens is 1. The zero-order valence-corrected chi connectivity index (χ0v) is 23.0. The van der Waals surface area contributed by atoms with Crippen molar-refractivity contribution in [2.45, 2.75) is 25.4 Å². The van der Waals surface area contributed by atoms with Gasteiger partial charge in [-0.1, -0.05) is 28.9 Å². The molecule has 4 aromatic rings. The zero-order valence-electron chi connectivity index (χ0n) is 20.6. The van der Waals surface area contributed by atoms with E-state index in [9.17, 15) is 9.18 Å². The smallest absolute Gasteiger partial charge is 0.224 e. The summed E-state index contributed by atoms with van der Waals surface area (Å²) < 4.78 is 27.2. The van der Waals surface area contributed by atoms with Gasteiger partial charge in [-0.05, 0) is 66.8 Å². The molecule has 0 radical (unpaired) electrons. The molecule has 2 aromatic carbocycles. The normalized spacial score (nSPS) is 16.8. The van der Waals surface area contributed by atoms with E-state index < -0.39 is 11.9 Å². The van der Waals surface area contributed by atoms with Crippen LogP contribution in [0.2, 0.25) is 0 Å². The van der Waals surface area contributed by atoms with E-state index in [4.69, 9.17) is 21.4 Å². The van der Waals surface area contributed by atoms with Gasteiger partial charge < -0.3 is 24.7 Å². The first-order valence-electron chi connectivity index (χ1n) is 11.9. The molecule has 0 bridgehead atoms. The van der Waals surface area contributed by atoms with E-state index in [1.807, 2.05) is 41.3 Å². The Morgan fingerprint density at radius 3 is 2.76 bits per heavy atom. The zero-order chi connectivity index (χ0) is 26.8. The van der Waals surface area contributed by atoms with E-state index in [0.29, 0.717) is 44.5 Å². The fourth-order valence-electron chi connectivity index (χ4n) is 4.44. The molecular formula is C28H24BrFN4O3S. The van der Waals surface area contributed by atoms with E-state index >= 15 is 0 Å². The number of carbonyl (C=O) groups excluding carboxylic acids is 1. The minimum absolute atomic E-state index is 0.120. The predicted molar refractivity (Wildman–Crippen MR) is 152 cm³/mol. The second kappa shape index (κ2) is 10.9. The molecule has 1 saturated heterocycles. The summed E-state index contributed by atoms with van der Waals surface area (Å²) in [5.74, 6) is 0.952. The first-order chi connectivity index (χ1) is 18.4. The third kappa shape index (κ3) is 5.01. The summed E-state index contributed by atoms with van der Waals surface area (Å²) >= 11 is 9.08. The number of thiocarbonyl (C=S) groups is 1. The third-order valence-electron chi connectivity index (χ3n) is 6.27. The highest BCUT2D eigenvalue weighted by atomic mass is 79.9. The van der Waals surface area contributed by atoms with Gasteiger partial charge in [-0.3, -0.25) is 9.78 Å². The molecule has 2 N–H and O–H groups in total. The van der Waals surface area contributed by atoms with Gasteiger partial charge in [0.05, 0.1) is 30.1 Å². The molecule has 5 rings (SSSR count). The second-order valence-electron chi connectivity index (χ2n) is 8.61. The highest BCUT2D eigenvalue weighted by Crippen LogP contribution is 2.44. The molecule has 1 fully saturated rings. The number of carbonyl (C=O) groups is 1. The van der Waals surface area contributed by atoms with Gasteiger partial charge in [-0.2, -0.15) is 0 Å². The lowest BCUT2D eigenvalue weighted by molar-refractivity contribution is -0.115. The van der Waals surface area contributed by atoms with Crippen LogP contribution in [0.4, 0.5) is 15.8 Å². The highest BCUT2D eigenvalue weighted by molar-refractivity contribution is 9.10. The largest absolute Gasteiger partial charge is 0.494 e. The Kier molecular flexibility index (Phi) is 7.44. The summed E-state index contributed by atoms with van der Waals surface area (Å²) in [4.78, 5) is 18.5. The SMILES string of the molecule is CCC(=O)Nc1ccc(N2C(=S)N[C@H](c3ccccn3)[C@@H]2c2ccc(-c3ccc(Br)cc3F)o2)cc1OC. The maximum Gasteiger partial charge on any atom is 0.224 e. The van der Waals surface area contributed by atoms with Crippen molar-refractivity contribution in [2.24, 2.45) is 0 Å². The first kappa shape index (κ1) is 25.9. The molecule has 0 aliphatic carbocycles. The number of furan rings is 1. The molecule has 2 atom stereocenters. The first-order valence-corrected chi connectivity index (χ1v) is 13.1. The lowest BCUT2D eigenvalue weighted by Gasteiger charge is -2.27. The Balaban J connectivity index is 1.58. The maximum absolute atomic E-state index is 14.7. The van der Waals surface area contributed by atoms with Gasteiger partial charge in [-0.25, -0.2) is 4.39 Å². The average Bonchev–Trinajstić information content (AvgIpc) is 3.54. The molecule has 7 nitrogen and oxygen atoms in total. The summed E-state index contributed by atoms with van der Waals surface area (Å²) in [6.45, 7) is 1.78. The number of hydrogen-bond donors (Lipinski definition) is 2. The van der Waals surface area contributed by atoms with E-state index in [-0.39, 0.29) is 11.9 Å². The van der Waals surface area contributed by atoms with E-state index in [1.54, 1.807) is 44.5 Å². The number of rotatable bonds is 7. The van der Waals surface area contributed by atoms with Gasteiger partial charge in [0.2, 0.25) is 5.91 Å². The van der Waals surface area contributed by atoms with Crippen LogP contribution in [0, 0.1) is 5.82 Å². The van der Waals surface area contributed by atoms with Crippen LogP contribution < -0.4 is 20.3 Å². The van der Waals surface area contributed by atoms with Crippen molar-refractivity contribution >= 4 is 50.5 Å². The minimum Gasteiger partial charge on any atom is -0.494 e. The van der Waals surface area contributed by atoms with Gasteiger partial charge in [0.25, 0.3) is 0 Å². The van der Waals surface area contributed by atoms with Gasteiger partial charge in [0.15, 0.2) is 5.11 Å². The monoisotopic (exact) mass is 594 g/mol. The van der Waals surface area contributed by atoms with Crippen LogP contribution in [0.3, 0.4) is 0 Å². The van der Waals surface area contributed by atoms with Crippen molar-refractivity contribution in [3.05, 3.63) is 94.7 Å². The summed E-state index contributed by atoms with van der Waals surface area (Å²) in [5, 5.41) is 6.69. The molecule has 1 amide bonds. The summed E-state index contributed by atoms with van der Waals surface area (Å²) in [7, 11) is 1.54. The number of pyridine rings is 1. The molecule has 3 heterocycles. The topological polar surface area (TPSA) is 79.6 Å². The van der Waals surface area contributed by atoms with Gasteiger partial charge in [0.1, 0.15) is 29.1 Å². The molecule has 10 heteroatoms. The minimum atomic E-state index is -0.439. The molecule has 1 aliphatic rings.